The number of benzene rings is 1. The van der Waals surface area contributed by atoms with Gasteiger partial charge in [0.1, 0.15) is 0 Å². The van der Waals surface area contributed by atoms with Gasteiger partial charge in [0, 0.05) is 24.0 Å². The first-order valence-electron chi connectivity index (χ1n) is 7.21. The highest BCUT2D eigenvalue weighted by Crippen LogP contribution is 2.18. The van der Waals surface area contributed by atoms with E-state index in [4.69, 9.17) is 16.3 Å². The third-order valence-electron chi connectivity index (χ3n) is 3.36. The Hall–Kier alpha value is -2.53. The molecular weight excluding hydrogens is 314 g/mol. The van der Waals surface area contributed by atoms with Crippen LogP contribution in [0.2, 0.25) is 5.02 Å². The van der Waals surface area contributed by atoms with Crippen molar-refractivity contribution in [1.82, 2.24) is 14.7 Å². The highest BCUT2D eigenvalue weighted by Gasteiger charge is 2.08. The van der Waals surface area contributed by atoms with Gasteiger partial charge in [0.05, 0.1) is 5.69 Å². The molecule has 0 aliphatic rings. The van der Waals surface area contributed by atoms with Crippen LogP contribution in [0.3, 0.4) is 0 Å². The van der Waals surface area contributed by atoms with E-state index in [-0.39, 0.29) is 12.5 Å². The first kappa shape index (κ1) is 15.4. The SMILES string of the molecule is Cc1cn2cccc(OCC(=O)NCc3ccccc3Cl)c2n1. The molecule has 0 aliphatic heterocycles. The van der Waals surface area contributed by atoms with E-state index in [1.54, 1.807) is 12.1 Å². The van der Waals surface area contributed by atoms with E-state index in [0.717, 1.165) is 11.3 Å². The number of aryl methyl sites for hydroxylation is 1. The maximum absolute atomic E-state index is 11.9. The van der Waals surface area contributed by atoms with E-state index in [1.807, 2.05) is 48.0 Å². The predicted octanol–water partition coefficient (Wildman–Crippen LogP) is 2.99. The lowest BCUT2D eigenvalue weighted by Gasteiger charge is -2.09. The Labute approximate surface area is 138 Å². The van der Waals surface area contributed by atoms with Gasteiger partial charge in [0.2, 0.25) is 0 Å². The Bertz CT molecular complexity index is 845. The van der Waals surface area contributed by atoms with Crippen LogP contribution < -0.4 is 10.1 Å². The van der Waals surface area contributed by atoms with Crippen LogP contribution in [0.5, 0.6) is 5.75 Å². The molecule has 3 aromatic rings. The van der Waals surface area contributed by atoms with Gasteiger partial charge in [0.25, 0.3) is 5.91 Å². The van der Waals surface area contributed by atoms with E-state index in [1.165, 1.54) is 0 Å². The monoisotopic (exact) mass is 329 g/mol. The second-order valence-corrected chi connectivity index (χ2v) is 5.55. The van der Waals surface area contributed by atoms with Crippen molar-refractivity contribution in [1.29, 1.82) is 0 Å². The van der Waals surface area contributed by atoms with Crippen molar-refractivity contribution in [3.8, 4) is 5.75 Å². The summed E-state index contributed by atoms with van der Waals surface area (Å²) < 4.78 is 7.45. The number of nitrogens with one attached hydrogen (secondary N) is 1. The fraction of sp³-hybridized carbons (Fsp3) is 0.176. The fourth-order valence-electron chi connectivity index (χ4n) is 2.25. The summed E-state index contributed by atoms with van der Waals surface area (Å²) in [6.45, 7) is 2.21. The maximum Gasteiger partial charge on any atom is 0.258 e. The van der Waals surface area contributed by atoms with Gasteiger partial charge >= 0.3 is 0 Å². The van der Waals surface area contributed by atoms with Crippen molar-refractivity contribution in [2.45, 2.75) is 13.5 Å². The van der Waals surface area contributed by atoms with Crippen molar-refractivity contribution >= 4 is 23.2 Å². The highest BCUT2D eigenvalue weighted by molar-refractivity contribution is 6.31. The Morgan fingerprint density at radius 3 is 2.96 bits per heavy atom. The molecule has 0 atom stereocenters. The number of carbonyl (C=O) groups is 1. The van der Waals surface area contributed by atoms with Gasteiger partial charge in [-0.2, -0.15) is 0 Å². The van der Waals surface area contributed by atoms with Gasteiger partial charge in [-0.15, -0.1) is 0 Å². The summed E-state index contributed by atoms with van der Waals surface area (Å²) in [6.07, 6.45) is 3.79. The Morgan fingerprint density at radius 1 is 1.30 bits per heavy atom. The molecule has 3 rings (SSSR count). The van der Waals surface area contributed by atoms with Crippen LogP contribution in [0, 0.1) is 6.92 Å². The maximum atomic E-state index is 11.9. The van der Waals surface area contributed by atoms with E-state index in [9.17, 15) is 4.79 Å². The standard InChI is InChI=1S/C17H16ClN3O2/c1-12-10-21-8-4-7-15(17(21)20-12)23-11-16(22)19-9-13-5-2-3-6-14(13)18/h2-8,10H,9,11H2,1H3,(H,19,22). The quantitative estimate of drug-likeness (QED) is 0.783. The summed E-state index contributed by atoms with van der Waals surface area (Å²) in [6, 6.07) is 11.0. The Balaban J connectivity index is 1.59. The number of hydrogen-bond acceptors (Lipinski definition) is 3. The molecule has 2 heterocycles. The number of halogens is 1. The van der Waals surface area contributed by atoms with Crippen molar-refractivity contribution in [2.75, 3.05) is 6.61 Å². The topological polar surface area (TPSA) is 55.6 Å². The first-order chi connectivity index (χ1) is 11.1. The van der Waals surface area contributed by atoms with E-state index >= 15 is 0 Å². The number of pyridine rings is 1. The number of amides is 1. The fourth-order valence-corrected chi connectivity index (χ4v) is 2.45. The average molecular weight is 330 g/mol. The number of ether oxygens (including phenoxy) is 1. The zero-order valence-corrected chi connectivity index (χ0v) is 13.4. The second kappa shape index (κ2) is 6.71. The molecule has 0 fully saturated rings. The van der Waals surface area contributed by atoms with Gasteiger partial charge in [0.15, 0.2) is 18.0 Å². The number of fused-ring (bicyclic) bond motifs is 1. The molecule has 0 spiro atoms. The van der Waals surface area contributed by atoms with Crippen LogP contribution in [0.4, 0.5) is 0 Å². The summed E-state index contributed by atoms with van der Waals surface area (Å²) in [4.78, 5) is 16.3. The minimum Gasteiger partial charge on any atom is -0.480 e. The third kappa shape index (κ3) is 3.63. The molecule has 0 bridgehead atoms. The molecule has 2 aromatic heterocycles. The number of carbonyl (C=O) groups excluding carboxylic acids is 1. The lowest BCUT2D eigenvalue weighted by Crippen LogP contribution is -2.28. The smallest absolute Gasteiger partial charge is 0.258 e. The predicted molar refractivity (Wildman–Crippen MR) is 88.7 cm³/mol. The minimum atomic E-state index is -0.213. The molecule has 1 aromatic carbocycles. The minimum absolute atomic E-state index is 0.0734. The van der Waals surface area contributed by atoms with Crippen LogP contribution in [-0.2, 0) is 11.3 Å². The van der Waals surface area contributed by atoms with Crippen LogP contribution in [0.1, 0.15) is 11.3 Å². The zero-order chi connectivity index (χ0) is 16.2. The second-order valence-electron chi connectivity index (χ2n) is 5.14. The van der Waals surface area contributed by atoms with Gasteiger partial charge in [-0.05, 0) is 30.7 Å². The molecule has 23 heavy (non-hydrogen) atoms. The summed E-state index contributed by atoms with van der Waals surface area (Å²) in [5.74, 6) is 0.365. The lowest BCUT2D eigenvalue weighted by atomic mass is 10.2. The lowest BCUT2D eigenvalue weighted by molar-refractivity contribution is -0.123. The number of nitrogens with zero attached hydrogens (tertiary/aromatic N) is 2. The number of rotatable bonds is 5. The molecule has 5 nitrogen and oxygen atoms in total. The van der Waals surface area contributed by atoms with Crippen LogP contribution >= 0.6 is 11.6 Å². The van der Waals surface area contributed by atoms with E-state index in [0.29, 0.717) is 23.0 Å². The Kier molecular flexibility index (Phi) is 4.48. The molecule has 6 heteroatoms. The summed E-state index contributed by atoms with van der Waals surface area (Å²) in [5.41, 5.74) is 2.46. The molecule has 1 amide bonds. The normalized spacial score (nSPS) is 10.7. The largest absolute Gasteiger partial charge is 0.480 e. The summed E-state index contributed by atoms with van der Waals surface area (Å²) >= 11 is 6.05. The molecular formula is C17H16ClN3O2. The van der Waals surface area contributed by atoms with Gasteiger partial charge in [-0.1, -0.05) is 29.8 Å². The molecule has 0 saturated heterocycles. The van der Waals surface area contributed by atoms with Gasteiger partial charge in [-0.25, -0.2) is 4.98 Å². The van der Waals surface area contributed by atoms with E-state index < -0.39 is 0 Å². The number of hydrogen-bond donors (Lipinski definition) is 1. The van der Waals surface area contributed by atoms with E-state index in [2.05, 4.69) is 10.3 Å². The van der Waals surface area contributed by atoms with Crippen molar-refractivity contribution in [3.63, 3.8) is 0 Å². The third-order valence-corrected chi connectivity index (χ3v) is 3.73. The van der Waals surface area contributed by atoms with Crippen LogP contribution in [0.25, 0.3) is 5.65 Å². The first-order valence-corrected chi connectivity index (χ1v) is 7.58. The molecule has 118 valence electrons. The molecule has 1 N–H and O–H groups in total. The zero-order valence-electron chi connectivity index (χ0n) is 12.6. The van der Waals surface area contributed by atoms with Crippen molar-refractivity contribution in [3.05, 3.63) is 65.1 Å². The van der Waals surface area contributed by atoms with Crippen LogP contribution in [0.15, 0.2) is 48.8 Å². The summed E-state index contributed by atoms with van der Waals surface area (Å²) in [7, 11) is 0. The summed E-state index contributed by atoms with van der Waals surface area (Å²) in [5, 5.41) is 3.42. The molecule has 0 unspecified atom stereocenters. The van der Waals surface area contributed by atoms with Crippen molar-refractivity contribution < 1.29 is 9.53 Å². The number of aromatic nitrogens is 2. The number of imidazole rings is 1. The Morgan fingerprint density at radius 2 is 2.13 bits per heavy atom. The van der Waals surface area contributed by atoms with Crippen LogP contribution in [-0.4, -0.2) is 21.9 Å². The highest BCUT2D eigenvalue weighted by atomic mass is 35.5. The molecule has 0 aliphatic carbocycles. The van der Waals surface area contributed by atoms with Gasteiger partial charge < -0.3 is 14.5 Å². The van der Waals surface area contributed by atoms with Gasteiger partial charge in [-0.3, -0.25) is 4.79 Å². The average Bonchev–Trinajstić information content (AvgIpc) is 2.93. The van der Waals surface area contributed by atoms with Crippen molar-refractivity contribution in [2.24, 2.45) is 0 Å². The molecule has 0 radical (unpaired) electrons. The molecule has 0 saturated carbocycles.